The highest BCUT2D eigenvalue weighted by atomic mass is 35.5. The number of hydrogen-bond acceptors (Lipinski definition) is 3. The minimum atomic E-state index is -0.647. The number of hydrogen-bond donors (Lipinski definition) is 2. The Kier molecular flexibility index (Phi) is 5.06. The van der Waals surface area contributed by atoms with Gasteiger partial charge in [-0.15, -0.1) is 11.3 Å². The van der Waals surface area contributed by atoms with Gasteiger partial charge in [-0.2, -0.15) is 0 Å². The van der Waals surface area contributed by atoms with Gasteiger partial charge in [0.25, 0.3) is 0 Å². The molecule has 15 heavy (non-hydrogen) atoms. The average Bonchev–Trinajstić information content (AvgIpc) is 2.63. The van der Waals surface area contributed by atoms with E-state index in [0.717, 1.165) is 9.21 Å². The lowest BCUT2D eigenvalue weighted by atomic mass is 9.98. The van der Waals surface area contributed by atoms with Gasteiger partial charge in [-0.25, -0.2) is 0 Å². The molecule has 4 heteroatoms. The minimum Gasteiger partial charge on any atom is -0.390 e. The molecule has 1 rings (SSSR count). The first-order valence-electron chi connectivity index (χ1n) is 5.16. The molecule has 1 heterocycles. The molecule has 0 aliphatic carbocycles. The molecule has 2 N–H and O–H groups in total. The fraction of sp³-hybridized carbons (Fsp3) is 0.636. The van der Waals surface area contributed by atoms with Crippen LogP contribution >= 0.6 is 22.9 Å². The van der Waals surface area contributed by atoms with E-state index >= 15 is 0 Å². The number of halogens is 1. The van der Waals surface area contributed by atoms with E-state index in [2.05, 4.69) is 0 Å². The van der Waals surface area contributed by atoms with Crippen LogP contribution in [0.5, 0.6) is 0 Å². The number of rotatable bonds is 5. The van der Waals surface area contributed by atoms with Gasteiger partial charge in [0.15, 0.2) is 0 Å². The van der Waals surface area contributed by atoms with E-state index in [0.29, 0.717) is 12.8 Å². The molecule has 0 saturated heterocycles. The number of aliphatic hydroxyl groups is 2. The van der Waals surface area contributed by atoms with E-state index in [1.165, 1.54) is 11.3 Å². The summed E-state index contributed by atoms with van der Waals surface area (Å²) in [4.78, 5) is 1.15. The molecule has 0 aromatic carbocycles. The zero-order valence-corrected chi connectivity index (χ0v) is 10.6. The van der Waals surface area contributed by atoms with Crippen LogP contribution in [-0.4, -0.2) is 22.4 Å². The molecule has 3 atom stereocenters. The van der Waals surface area contributed by atoms with Crippen molar-refractivity contribution in [3.8, 4) is 0 Å². The highest BCUT2D eigenvalue weighted by Gasteiger charge is 2.19. The molecule has 1 aromatic rings. The molecular weight excluding hydrogens is 232 g/mol. The third kappa shape index (κ3) is 3.76. The standard InChI is InChI=1S/C11H17ClO2S/c1-3-8(13)9(14)6-7(2)10-4-5-11(12)15-10/h4-5,7-9,13-14H,3,6H2,1-2H3. The van der Waals surface area contributed by atoms with E-state index in [1.54, 1.807) is 0 Å². The largest absolute Gasteiger partial charge is 0.390 e. The van der Waals surface area contributed by atoms with Crippen molar-refractivity contribution >= 4 is 22.9 Å². The van der Waals surface area contributed by atoms with Crippen LogP contribution in [0.2, 0.25) is 4.34 Å². The molecule has 0 spiro atoms. The number of thiophene rings is 1. The zero-order valence-electron chi connectivity index (χ0n) is 8.98. The van der Waals surface area contributed by atoms with E-state index in [4.69, 9.17) is 11.6 Å². The van der Waals surface area contributed by atoms with E-state index in [-0.39, 0.29) is 5.92 Å². The Balaban J connectivity index is 2.52. The van der Waals surface area contributed by atoms with Crippen molar-refractivity contribution in [3.63, 3.8) is 0 Å². The summed E-state index contributed by atoms with van der Waals surface area (Å²) in [5, 5.41) is 19.1. The summed E-state index contributed by atoms with van der Waals surface area (Å²) in [5.41, 5.74) is 0. The van der Waals surface area contributed by atoms with Gasteiger partial charge in [0.2, 0.25) is 0 Å². The van der Waals surface area contributed by atoms with Crippen LogP contribution in [0.3, 0.4) is 0 Å². The molecule has 0 amide bonds. The Morgan fingerprint density at radius 2 is 2.00 bits per heavy atom. The Morgan fingerprint density at radius 1 is 1.33 bits per heavy atom. The van der Waals surface area contributed by atoms with Gasteiger partial charge in [-0.3, -0.25) is 0 Å². The lowest BCUT2D eigenvalue weighted by Crippen LogP contribution is -2.26. The van der Waals surface area contributed by atoms with Gasteiger partial charge in [-0.05, 0) is 30.9 Å². The fourth-order valence-corrected chi connectivity index (χ4v) is 2.63. The van der Waals surface area contributed by atoms with Gasteiger partial charge in [-0.1, -0.05) is 25.4 Å². The van der Waals surface area contributed by atoms with E-state index in [1.807, 2.05) is 26.0 Å². The first kappa shape index (κ1) is 13.0. The summed E-state index contributed by atoms with van der Waals surface area (Å²) in [6.45, 7) is 3.90. The van der Waals surface area contributed by atoms with E-state index < -0.39 is 12.2 Å². The highest BCUT2D eigenvalue weighted by molar-refractivity contribution is 7.16. The van der Waals surface area contributed by atoms with Crippen molar-refractivity contribution in [2.75, 3.05) is 0 Å². The highest BCUT2D eigenvalue weighted by Crippen LogP contribution is 2.31. The summed E-state index contributed by atoms with van der Waals surface area (Å²) in [5.74, 6) is 0.235. The van der Waals surface area contributed by atoms with Crippen molar-refractivity contribution in [3.05, 3.63) is 21.3 Å². The van der Waals surface area contributed by atoms with Crippen LogP contribution in [0.15, 0.2) is 12.1 Å². The molecule has 0 aliphatic heterocycles. The van der Waals surface area contributed by atoms with Gasteiger partial charge >= 0.3 is 0 Å². The second-order valence-corrected chi connectivity index (χ2v) is 5.57. The Labute approximate surface area is 99.5 Å². The lowest BCUT2D eigenvalue weighted by molar-refractivity contribution is 0.00970. The summed E-state index contributed by atoms with van der Waals surface area (Å²) in [6, 6.07) is 3.84. The zero-order chi connectivity index (χ0) is 11.4. The van der Waals surface area contributed by atoms with Crippen LogP contribution in [0.25, 0.3) is 0 Å². The molecular formula is C11H17ClO2S. The quantitative estimate of drug-likeness (QED) is 0.841. The van der Waals surface area contributed by atoms with Crippen molar-refractivity contribution in [1.82, 2.24) is 0 Å². The molecule has 0 fully saturated rings. The fourth-order valence-electron chi connectivity index (χ4n) is 1.50. The minimum absolute atomic E-state index is 0.235. The number of aliphatic hydroxyl groups excluding tert-OH is 2. The second kappa shape index (κ2) is 5.85. The lowest BCUT2D eigenvalue weighted by Gasteiger charge is -2.19. The van der Waals surface area contributed by atoms with Gasteiger partial charge < -0.3 is 10.2 Å². The summed E-state index contributed by atoms with van der Waals surface area (Å²) < 4.78 is 0.766. The second-order valence-electron chi connectivity index (χ2n) is 3.82. The van der Waals surface area contributed by atoms with Crippen LogP contribution in [-0.2, 0) is 0 Å². The van der Waals surface area contributed by atoms with Crippen molar-refractivity contribution in [1.29, 1.82) is 0 Å². The van der Waals surface area contributed by atoms with Crippen molar-refractivity contribution in [2.24, 2.45) is 0 Å². The first-order chi connectivity index (χ1) is 7.04. The van der Waals surface area contributed by atoms with Crippen molar-refractivity contribution < 1.29 is 10.2 Å². The maximum atomic E-state index is 9.68. The molecule has 2 nitrogen and oxygen atoms in total. The maximum Gasteiger partial charge on any atom is 0.0931 e. The average molecular weight is 249 g/mol. The van der Waals surface area contributed by atoms with Crippen LogP contribution in [0.1, 0.15) is 37.5 Å². The summed E-state index contributed by atoms with van der Waals surface area (Å²) in [7, 11) is 0. The molecule has 1 aromatic heterocycles. The van der Waals surface area contributed by atoms with Crippen LogP contribution < -0.4 is 0 Å². The smallest absolute Gasteiger partial charge is 0.0931 e. The molecule has 0 bridgehead atoms. The molecule has 0 radical (unpaired) electrons. The topological polar surface area (TPSA) is 40.5 Å². The molecule has 86 valence electrons. The third-order valence-electron chi connectivity index (χ3n) is 2.54. The Hall–Kier alpha value is -0.0900. The van der Waals surface area contributed by atoms with Crippen molar-refractivity contribution in [2.45, 2.75) is 44.8 Å². The predicted octanol–water partition coefficient (Wildman–Crippen LogP) is 3.03. The van der Waals surface area contributed by atoms with Gasteiger partial charge in [0.05, 0.1) is 16.5 Å². The van der Waals surface area contributed by atoms with Gasteiger partial charge in [0.1, 0.15) is 0 Å². The molecule has 0 saturated carbocycles. The maximum absolute atomic E-state index is 9.68. The Morgan fingerprint density at radius 3 is 2.47 bits per heavy atom. The van der Waals surface area contributed by atoms with Gasteiger partial charge in [0, 0.05) is 4.88 Å². The normalized spacial score (nSPS) is 17.4. The SMILES string of the molecule is CCC(O)C(O)CC(C)c1ccc(Cl)s1. The monoisotopic (exact) mass is 248 g/mol. The van der Waals surface area contributed by atoms with Crippen LogP contribution in [0.4, 0.5) is 0 Å². The molecule has 0 aliphatic rings. The Bertz CT molecular complexity index is 301. The first-order valence-corrected chi connectivity index (χ1v) is 6.35. The van der Waals surface area contributed by atoms with Crippen LogP contribution in [0, 0.1) is 0 Å². The predicted molar refractivity (Wildman–Crippen MR) is 64.7 cm³/mol. The third-order valence-corrected chi connectivity index (χ3v) is 4.00. The van der Waals surface area contributed by atoms with E-state index in [9.17, 15) is 10.2 Å². The molecule has 3 unspecified atom stereocenters. The summed E-state index contributed by atoms with van der Waals surface area (Å²) >= 11 is 7.37. The summed E-state index contributed by atoms with van der Waals surface area (Å²) in [6.07, 6.45) is -0.112.